The van der Waals surface area contributed by atoms with E-state index in [0.29, 0.717) is 17.0 Å². The van der Waals surface area contributed by atoms with Gasteiger partial charge < -0.3 is 9.67 Å². The van der Waals surface area contributed by atoms with Crippen LogP contribution in [0.4, 0.5) is 0 Å². The van der Waals surface area contributed by atoms with Crippen molar-refractivity contribution in [3.8, 4) is 0 Å². The van der Waals surface area contributed by atoms with Gasteiger partial charge in [-0.05, 0) is 25.0 Å². The van der Waals surface area contributed by atoms with Crippen molar-refractivity contribution in [2.45, 2.75) is 18.8 Å². The number of fused-ring (bicyclic) bond motifs is 1. The standard InChI is InChI=1S/C12H12N2O2/c1-14-6-8(12(15)16)11-10(14)5-4-9(13-11)7-2-3-7/h4-7H,2-3H2,1H3,(H,15,16). The molecule has 0 spiro atoms. The van der Waals surface area contributed by atoms with Gasteiger partial charge in [0.2, 0.25) is 0 Å². The lowest BCUT2D eigenvalue weighted by Gasteiger charge is -1.99. The fraction of sp³-hybridized carbons (Fsp3) is 0.333. The summed E-state index contributed by atoms with van der Waals surface area (Å²) >= 11 is 0. The van der Waals surface area contributed by atoms with Crippen LogP contribution in [-0.4, -0.2) is 20.6 Å². The number of pyridine rings is 1. The number of carboxylic acids is 1. The fourth-order valence-corrected chi connectivity index (χ4v) is 2.04. The first kappa shape index (κ1) is 9.39. The maximum Gasteiger partial charge on any atom is 0.339 e. The maximum absolute atomic E-state index is 11.1. The molecule has 0 aliphatic heterocycles. The first-order valence-electron chi connectivity index (χ1n) is 5.36. The Morgan fingerprint density at radius 3 is 2.88 bits per heavy atom. The second-order valence-electron chi connectivity index (χ2n) is 4.34. The molecule has 1 fully saturated rings. The largest absolute Gasteiger partial charge is 0.478 e. The smallest absolute Gasteiger partial charge is 0.339 e. The minimum Gasteiger partial charge on any atom is -0.478 e. The summed E-state index contributed by atoms with van der Waals surface area (Å²) in [5, 5.41) is 9.09. The van der Waals surface area contributed by atoms with Crippen LogP contribution in [0.2, 0.25) is 0 Å². The summed E-state index contributed by atoms with van der Waals surface area (Å²) in [5.41, 5.74) is 2.81. The van der Waals surface area contributed by atoms with Crippen LogP contribution in [0.3, 0.4) is 0 Å². The van der Waals surface area contributed by atoms with E-state index in [2.05, 4.69) is 4.98 Å². The zero-order chi connectivity index (χ0) is 11.3. The van der Waals surface area contributed by atoms with Gasteiger partial charge in [-0.1, -0.05) is 0 Å². The van der Waals surface area contributed by atoms with Crippen LogP contribution in [0.25, 0.3) is 11.0 Å². The normalized spacial score (nSPS) is 15.6. The summed E-state index contributed by atoms with van der Waals surface area (Å²) in [7, 11) is 1.84. The van der Waals surface area contributed by atoms with Gasteiger partial charge in [-0.25, -0.2) is 4.79 Å². The van der Waals surface area contributed by atoms with Gasteiger partial charge in [-0.3, -0.25) is 4.98 Å². The lowest BCUT2D eigenvalue weighted by Crippen LogP contribution is -1.96. The molecule has 1 aliphatic rings. The van der Waals surface area contributed by atoms with E-state index < -0.39 is 5.97 Å². The molecule has 0 unspecified atom stereocenters. The van der Waals surface area contributed by atoms with E-state index in [1.165, 1.54) is 12.8 Å². The Hall–Kier alpha value is -1.84. The molecular formula is C12H12N2O2. The van der Waals surface area contributed by atoms with Crippen molar-refractivity contribution in [1.29, 1.82) is 0 Å². The average molecular weight is 216 g/mol. The van der Waals surface area contributed by atoms with Crippen molar-refractivity contribution in [3.63, 3.8) is 0 Å². The topological polar surface area (TPSA) is 55.1 Å². The molecule has 0 radical (unpaired) electrons. The highest BCUT2D eigenvalue weighted by molar-refractivity contribution is 6.01. The second-order valence-corrected chi connectivity index (χ2v) is 4.34. The number of carboxylic acid groups (broad SMARTS) is 1. The quantitative estimate of drug-likeness (QED) is 0.836. The SMILES string of the molecule is Cn1cc(C(=O)O)c2nc(C3CC3)ccc21. The predicted molar refractivity (Wildman–Crippen MR) is 59.6 cm³/mol. The highest BCUT2D eigenvalue weighted by Gasteiger charge is 2.26. The Balaban J connectivity index is 2.26. The Morgan fingerprint density at radius 1 is 1.50 bits per heavy atom. The minimum absolute atomic E-state index is 0.292. The number of hydrogen-bond acceptors (Lipinski definition) is 2. The van der Waals surface area contributed by atoms with Crippen LogP contribution in [0.15, 0.2) is 18.3 Å². The Labute approximate surface area is 92.5 Å². The molecule has 82 valence electrons. The van der Waals surface area contributed by atoms with Crippen LogP contribution < -0.4 is 0 Å². The van der Waals surface area contributed by atoms with Crippen LogP contribution in [0, 0.1) is 0 Å². The number of aromatic nitrogens is 2. The molecule has 4 nitrogen and oxygen atoms in total. The van der Waals surface area contributed by atoms with Gasteiger partial charge in [0.05, 0.1) is 5.52 Å². The summed E-state index contributed by atoms with van der Waals surface area (Å²) in [4.78, 5) is 15.5. The van der Waals surface area contributed by atoms with Crippen molar-refractivity contribution in [2.24, 2.45) is 7.05 Å². The van der Waals surface area contributed by atoms with Crippen molar-refractivity contribution in [2.75, 3.05) is 0 Å². The molecule has 0 saturated heterocycles. The zero-order valence-electron chi connectivity index (χ0n) is 8.97. The summed E-state index contributed by atoms with van der Waals surface area (Å²) in [6, 6.07) is 3.97. The molecular weight excluding hydrogens is 204 g/mol. The second kappa shape index (κ2) is 3.07. The van der Waals surface area contributed by atoms with E-state index in [1.807, 2.05) is 23.7 Å². The molecule has 0 atom stereocenters. The first-order chi connectivity index (χ1) is 7.66. The number of aryl methyl sites for hydroxylation is 1. The number of hydrogen-bond donors (Lipinski definition) is 1. The molecule has 0 aromatic carbocycles. The van der Waals surface area contributed by atoms with E-state index >= 15 is 0 Å². The van der Waals surface area contributed by atoms with Crippen molar-refractivity contribution in [1.82, 2.24) is 9.55 Å². The molecule has 2 aromatic heterocycles. The van der Waals surface area contributed by atoms with Crippen LogP contribution in [0.1, 0.15) is 34.8 Å². The number of carbonyl (C=O) groups is 1. The van der Waals surface area contributed by atoms with E-state index in [1.54, 1.807) is 6.20 Å². The summed E-state index contributed by atoms with van der Waals surface area (Å²) in [6.07, 6.45) is 3.97. The molecule has 3 rings (SSSR count). The van der Waals surface area contributed by atoms with E-state index in [0.717, 1.165) is 11.2 Å². The highest BCUT2D eigenvalue weighted by atomic mass is 16.4. The third-order valence-electron chi connectivity index (χ3n) is 3.08. The predicted octanol–water partition coefficient (Wildman–Crippen LogP) is 2.15. The highest BCUT2D eigenvalue weighted by Crippen LogP contribution is 2.39. The fourth-order valence-electron chi connectivity index (χ4n) is 2.04. The van der Waals surface area contributed by atoms with Gasteiger partial charge in [0, 0.05) is 24.9 Å². The zero-order valence-corrected chi connectivity index (χ0v) is 8.97. The third kappa shape index (κ3) is 1.30. The Morgan fingerprint density at radius 2 is 2.25 bits per heavy atom. The molecule has 1 saturated carbocycles. The van der Waals surface area contributed by atoms with Crippen molar-refractivity contribution >= 4 is 17.0 Å². The number of aromatic carboxylic acids is 1. The Kier molecular flexibility index (Phi) is 1.80. The third-order valence-corrected chi connectivity index (χ3v) is 3.08. The monoisotopic (exact) mass is 216 g/mol. The summed E-state index contributed by atoms with van der Waals surface area (Å²) < 4.78 is 1.81. The average Bonchev–Trinajstić information content (AvgIpc) is 3.04. The molecule has 2 heterocycles. The van der Waals surface area contributed by atoms with Gasteiger partial charge >= 0.3 is 5.97 Å². The van der Waals surface area contributed by atoms with Gasteiger partial charge in [0.15, 0.2) is 0 Å². The summed E-state index contributed by atoms with van der Waals surface area (Å²) in [6.45, 7) is 0. The first-order valence-corrected chi connectivity index (χ1v) is 5.36. The van der Waals surface area contributed by atoms with E-state index in [9.17, 15) is 4.79 Å². The number of nitrogens with zero attached hydrogens (tertiary/aromatic N) is 2. The maximum atomic E-state index is 11.1. The Bertz CT molecular complexity index is 582. The molecule has 4 heteroatoms. The van der Waals surface area contributed by atoms with Crippen molar-refractivity contribution < 1.29 is 9.90 Å². The molecule has 1 N–H and O–H groups in total. The molecule has 16 heavy (non-hydrogen) atoms. The molecule has 0 amide bonds. The lowest BCUT2D eigenvalue weighted by atomic mass is 10.2. The van der Waals surface area contributed by atoms with Crippen LogP contribution in [-0.2, 0) is 7.05 Å². The van der Waals surface area contributed by atoms with Crippen molar-refractivity contribution in [3.05, 3.63) is 29.6 Å². The van der Waals surface area contributed by atoms with E-state index in [-0.39, 0.29) is 0 Å². The van der Waals surface area contributed by atoms with Crippen LogP contribution >= 0.6 is 0 Å². The van der Waals surface area contributed by atoms with Gasteiger partial charge in [0.1, 0.15) is 11.1 Å². The van der Waals surface area contributed by atoms with Crippen LogP contribution in [0.5, 0.6) is 0 Å². The molecule has 2 aromatic rings. The summed E-state index contributed by atoms with van der Waals surface area (Å²) in [5.74, 6) is -0.364. The minimum atomic E-state index is -0.911. The number of rotatable bonds is 2. The lowest BCUT2D eigenvalue weighted by molar-refractivity contribution is 0.0698. The van der Waals surface area contributed by atoms with Gasteiger partial charge in [-0.15, -0.1) is 0 Å². The molecule has 1 aliphatic carbocycles. The van der Waals surface area contributed by atoms with Gasteiger partial charge in [-0.2, -0.15) is 0 Å². The molecule has 0 bridgehead atoms. The van der Waals surface area contributed by atoms with E-state index in [4.69, 9.17) is 5.11 Å². The van der Waals surface area contributed by atoms with Gasteiger partial charge in [0.25, 0.3) is 0 Å².